The molecule has 0 aromatic carbocycles. The first-order valence-corrected chi connectivity index (χ1v) is 35.1. The molecule has 0 aromatic rings. The normalized spacial score (nSPS) is 23.9. The van der Waals surface area contributed by atoms with E-state index < -0.39 is 86.8 Å². The number of allylic oxidation sites excluding steroid dienone is 3. The first kappa shape index (κ1) is 77.6. The Balaban J connectivity index is 1.68. The SMILES string of the molecule is CCCCCCCCCC/C=C\CCCCCCCCCCCC(=O)NC(COC1OC(CO)C(OC2OC(CO)C(O)C(O)C2O)C(O)C1O)C(O)/C=C/CCCCCCCCCCCCCCCCCCCCCCCCCCCC. The van der Waals surface area contributed by atoms with Gasteiger partial charge < -0.3 is 65.1 Å². The molecule has 0 bridgehead atoms. The molecule has 12 unspecified atom stereocenters. The van der Waals surface area contributed by atoms with Crippen molar-refractivity contribution in [2.75, 3.05) is 19.8 Å². The van der Waals surface area contributed by atoms with Crippen LogP contribution in [-0.4, -0.2) is 140 Å². The van der Waals surface area contributed by atoms with Crippen LogP contribution in [0, 0.1) is 0 Å². The fourth-order valence-electron chi connectivity index (χ4n) is 11.8. The van der Waals surface area contributed by atoms with Crippen LogP contribution < -0.4 is 5.32 Å². The van der Waals surface area contributed by atoms with Crippen molar-refractivity contribution < 1.29 is 64.6 Å². The average Bonchev–Trinajstić information content (AvgIpc) is 3.59. The molecule has 2 heterocycles. The second-order valence-electron chi connectivity index (χ2n) is 25.0. The largest absolute Gasteiger partial charge is 0.394 e. The lowest BCUT2D eigenvalue weighted by atomic mass is 9.97. The van der Waals surface area contributed by atoms with Crippen molar-refractivity contribution >= 4 is 5.91 Å². The number of unbranched alkanes of at least 4 members (excludes halogenated alkanes) is 43. The lowest BCUT2D eigenvalue weighted by Gasteiger charge is -2.46. The predicted octanol–water partition coefficient (Wildman–Crippen LogP) is 14.0. The van der Waals surface area contributed by atoms with E-state index >= 15 is 0 Å². The zero-order valence-electron chi connectivity index (χ0n) is 53.2. The molecule has 0 aliphatic carbocycles. The van der Waals surface area contributed by atoms with Gasteiger partial charge in [-0.2, -0.15) is 0 Å². The number of hydrogen-bond donors (Lipinski definition) is 9. The first-order chi connectivity index (χ1) is 40.6. The van der Waals surface area contributed by atoms with Crippen molar-refractivity contribution in [3.05, 3.63) is 24.3 Å². The fourth-order valence-corrected chi connectivity index (χ4v) is 11.8. The number of hydrogen-bond acceptors (Lipinski definition) is 13. The number of amides is 1. The van der Waals surface area contributed by atoms with Gasteiger partial charge >= 0.3 is 0 Å². The summed E-state index contributed by atoms with van der Waals surface area (Å²) >= 11 is 0. The van der Waals surface area contributed by atoms with E-state index in [0.717, 1.165) is 38.5 Å². The highest BCUT2D eigenvalue weighted by Gasteiger charge is 2.51. The zero-order chi connectivity index (χ0) is 60.2. The van der Waals surface area contributed by atoms with Crippen LogP contribution in [-0.2, 0) is 23.7 Å². The second-order valence-corrected chi connectivity index (χ2v) is 25.0. The van der Waals surface area contributed by atoms with Crippen molar-refractivity contribution in [1.82, 2.24) is 5.32 Å². The van der Waals surface area contributed by atoms with Gasteiger partial charge in [-0.25, -0.2) is 0 Å². The summed E-state index contributed by atoms with van der Waals surface area (Å²) in [5.74, 6) is -0.236. The minimum atomic E-state index is -1.79. The van der Waals surface area contributed by atoms with E-state index in [4.69, 9.17) is 18.9 Å². The van der Waals surface area contributed by atoms with Crippen LogP contribution in [0.25, 0.3) is 0 Å². The monoisotopic (exact) mass is 1180 g/mol. The molecule has 2 aliphatic rings. The highest BCUT2D eigenvalue weighted by Crippen LogP contribution is 2.30. The van der Waals surface area contributed by atoms with Gasteiger partial charge in [0.2, 0.25) is 5.91 Å². The van der Waals surface area contributed by atoms with Crippen LogP contribution in [0.4, 0.5) is 0 Å². The van der Waals surface area contributed by atoms with Crippen molar-refractivity contribution in [2.45, 2.75) is 389 Å². The van der Waals surface area contributed by atoms with E-state index in [9.17, 15) is 45.6 Å². The highest BCUT2D eigenvalue weighted by molar-refractivity contribution is 5.76. The van der Waals surface area contributed by atoms with Crippen molar-refractivity contribution in [3.8, 4) is 0 Å². The molecule has 2 fully saturated rings. The summed E-state index contributed by atoms with van der Waals surface area (Å²) in [6.45, 7) is 2.85. The van der Waals surface area contributed by atoms with Crippen LogP contribution in [0.3, 0.4) is 0 Å². The maximum Gasteiger partial charge on any atom is 0.220 e. The summed E-state index contributed by atoms with van der Waals surface area (Å²) in [5, 5.41) is 87.4. The number of rotatable bonds is 58. The van der Waals surface area contributed by atoms with Crippen LogP contribution >= 0.6 is 0 Å². The van der Waals surface area contributed by atoms with E-state index in [1.807, 2.05) is 6.08 Å². The van der Waals surface area contributed by atoms with E-state index in [0.29, 0.717) is 6.42 Å². The molecule has 0 radical (unpaired) electrons. The number of ether oxygens (including phenoxy) is 4. The van der Waals surface area contributed by atoms with Crippen molar-refractivity contribution in [2.24, 2.45) is 0 Å². The highest BCUT2D eigenvalue weighted by atomic mass is 16.7. The van der Waals surface area contributed by atoms with Crippen LogP contribution in [0.5, 0.6) is 0 Å². The van der Waals surface area contributed by atoms with Gasteiger partial charge in [0.15, 0.2) is 12.6 Å². The Kier molecular flexibility index (Phi) is 51.0. The van der Waals surface area contributed by atoms with Gasteiger partial charge in [0.1, 0.15) is 48.8 Å². The molecule has 0 spiro atoms. The maximum absolute atomic E-state index is 13.3. The second kappa shape index (κ2) is 54.6. The molecule has 12 atom stereocenters. The van der Waals surface area contributed by atoms with E-state index in [1.165, 1.54) is 250 Å². The predicted molar refractivity (Wildman–Crippen MR) is 337 cm³/mol. The molecule has 0 saturated carbocycles. The Morgan fingerprint density at radius 3 is 1.14 bits per heavy atom. The lowest BCUT2D eigenvalue weighted by molar-refractivity contribution is -0.359. The number of aliphatic hydroxyl groups excluding tert-OH is 8. The van der Waals surface area contributed by atoms with Gasteiger partial charge in [-0.05, 0) is 44.9 Å². The van der Waals surface area contributed by atoms with Gasteiger partial charge in [-0.3, -0.25) is 4.79 Å². The van der Waals surface area contributed by atoms with E-state index in [-0.39, 0.29) is 18.9 Å². The van der Waals surface area contributed by atoms with Crippen LogP contribution in [0.15, 0.2) is 24.3 Å². The summed E-state index contributed by atoms with van der Waals surface area (Å²) in [4.78, 5) is 13.3. The standard InChI is InChI=1S/C69H131NO13/c1-3-5-7-9-11-13-15-17-19-21-23-25-26-27-28-29-30-31-33-34-36-38-40-42-44-46-48-50-52-58(73)57(56-80-68-66(79)64(77)67(60(55-72)82-68)83-69-65(78)63(76)62(75)59(54-71)81-69)70-61(74)53-51-49-47-45-43-41-39-37-35-32-24-22-20-18-16-14-12-10-8-6-4-2/h22,24,50,52,57-60,62-69,71-73,75-79H,3-21,23,25-49,51,53-56H2,1-2H3,(H,70,74)/b24-22-,52-50+. The number of aliphatic hydroxyl groups is 8. The molecule has 1 amide bonds. The molecule has 14 heteroatoms. The quantitative estimate of drug-likeness (QED) is 0.0204. The third-order valence-corrected chi connectivity index (χ3v) is 17.4. The average molecular weight is 1180 g/mol. The molecule has 490 valence electrons. The molecule has 2 rings (SSSR count). The number of nitrogens with one attached hydrogen (secondary N) is 1. The minimum Gasteiger partial charge on any atom is -0.394 e. The molecular weight excluding hydrogens is 1050 g/mol. The van der Waals surface area contributed by atoms with Crippen LogP contribution in [0.2, 0.25) is 0 Å². The Morgan fingerprint density at radius 2 is 0.759 bits per heavy atom. The number of carbonyl (C=O) groups is 1. The van der Waals surface area contributed by atoms with Crippen molar-refractivity contribution in [1.29, 1.82) is 0 Å². The van der Waals surface area contributed by atoms with Gasteiger partial charge in [-0.1, -0.05) is 289 Å². The van der Waals surface area contributed by atoms with Gasteiger partial charge in [0, 0.05) is 6.42 Å². The molecule has 9 N–H and O–H groups in total. The minimum absolute atomic E-state index is 0.236. The Labute approximate surface area is 507 Å². The molecule has 2 aliphatic heterocycles. The van der Waals surface area contributed by atoms with Gasteiger partial charge in [0.05, 0.1) is 32.0 Å². The van der Waals surface area contributed by atoms with Crippen LogP contribution in [0.1, 0.15) is 316 Å². The third-order valence-electron chi connectivity index (χ3n) is 17.4. The molecular formula is C69H131NO13. The summed E-state index contributed by atoms with van der Waals surface area (Å²) in [7, 11) is 0. The third kappa shape index (κ3) is 39.2. The Morgan fingerprint density at radius 1 is 0.422 bits per heavy atom. The number of carbonyl (C=O) groups excluding carboxylic acids is 1. The lowest BCUT2D eigenvalue weighted by Crippen LogP contribution is -2.65. The molecule has 83 heavy (non-hydrogen) atoms. The zero-order valence-corrected chi connectivity index (χ0v) is 53.2. The van der Waals surface area contributed by atoms with Gasteiger partial charge in [0.25, 0.3) is 0 Å². The maximum atomic E-state index is 13.3. The summed E-state index contributed by atoms with van der Waals surface area (Å²) in [6.07, 6.45) is 50.9. The molecule has 0 aromatic heterocycles. The fraction of sp³-hybridized carbons (Fsp3) is 0.928. The molecule has 2 saturated heterocycles. The smallest absolute Gasteiger partial charge is 0.220 e. The van der Waals surface area contributed by atoms with Gasteiger partial charge in [-0.15, -0.1) is 0 Å². The topological polar surface area (TPSA) is 228 Å². The van der Waals surface area contributed by atoms with Crippen molar-refractivity contribution in [3.63, 3.8) is 0 Å². The van der Waals surface area contributed by atoms with E-state index in [1.54, 1.807) is 6.08 Å². The summed E-state index contributed by atoms with van der Waals surface area (Å²) < 4.78 is 22.9. The summed E-state index contributed by atoms with van der Waals surface area (Å²) in [5.41, 5.74) is 0. The Bertz CT molecular complexity index is 1490. The first-order valence-electron chi connectivity index (χ1n) is 35.1. The molecule has 14 nitrogen and oxygen atoms in total. The van der Waals surface area contributed by atoms with E-state index in [2.05, 4.69) is 31.3 Å². The summed E-state index contributed by atoms with van der Waals surface area (Å²) in [6, 6.07) is -0.915. The Hall–Kier alpha value is -1.53.